The number of aromatic nitrogens is 4. The minimum Gasteiger partial charge on any atom is -0.409 e. The zero-order chi connectivity index (χ0) is 13.8. The first-order valence-corrected chi connectivity index (χ1v) is 7.87. The molecule has 100 valence electrons. The Bertz CT molecular complexity index is 614. The van der Waals surface area contributed by atoms with E-state index in [4.69, 9.17) is 10.9 Å². The van der Waals surface area contributed by atoms with Crippen LogP contribution in [0.3, 0.4) is 0 Å². The Balaban J connectivity index is 2.27. The van der Waals surface area contributed by atoms with Gasteiger partial charge in [0.1, 0.15) is 5.69 Å². The van der Waals surface area contributed by atoms with Crippen molar-refractivity contribution in [1.82, 2.24) is 20.2 Å². The Morgan fingerprint density at radius 2 is 2.11 bits per heavy atom. The standard InChI is InChI=1S/C9H10N6OS3/c1-4-3-5(6(10)15-16)12-7(11-4)18-9-14-13-8(17-2)19-9/h3,16H,1-2H3,(H2,10,15). The summed E-state index contributed by atoms with van der Waals surface area (Å²) >= 11 is 4.30. The Labute approximate surface area is 121 Å². The van der Waals surface area contributed by atoms with Gasteiger partial charge in [-0.15, -0.1) is 10.2 Å². The van der Waals surface area contributed by atoms with E-state index < -0.39 is 0 Å². The van der Waals surface area contributed by atoms with Gasteiger partial charge in [0.25, 0.3) is 0 Å². The lowest BCUT2D eigenvalue weighted by atomic mass is 10.3. The van der Waals surface area contributed by atoms with Crippen molar-refractivity contribution in [3.8, 4) is 0 Å². The Kier molecular flexibility index (Phi) is 4.56. The lowest BCUT2D eigenvalue weighted by Gasteiger charge is -2.02. The number of thioether (sulfide) groups is 1. The largest absolute Gasteiger partial charge is 0.409 e. The lowest BCUT2D eigenvalue weighted by molar-refractivity contribution is 0.318. The van der Waals surface area contributed by atoms with Gasteiger partial charge in [-0.25, -0.2) is 9.97 Å². The molecule has 0 aliphatic heterocycles. The molecule has 0 radical (unpaired) electrons. The van der Waals surface area contributed by atoms with Crippen molar-refractivity contribution < 1.29 is 5.21 Å². The maximum atomic E-state index is 8.67. The van der Waals surface area contributed by atoms with Gasteiger partial charge < -0.3 is 10.9 Å². The number of hydrogen-bond donors (Lipinski definition) is 2. The zero-order valence-corrected chi connectivity index (χ0v) is 12.5. The summed E-state index contributed by atoms with van der Waals surface area (Å²) in [6.07, 6.45) is 1.94. The van der Waals surface area contributed by atoms with E-state index in [1.165, 1.54) is 34.9 Å². The Hall–Kier alpha value is -1.39. The van der Waals surface area contributed by atoms with Gasteiger partial charge in [0.15, 0.2) is 19.7 Å². The Morgan fingerprint density at radius 1 is 1.37 bits per heavy atom. The molecule has 0 spiro atoms. The van der Waals surface area contributed by atoms with Gasteiger partial charge in [0, 0.05) is 5.69 Å². The minimum atomic E-state index is -0.0468. The summed E-state index contributed by atoms with van der Waals surface area (Å²) in [7, 11) is 0. The van der Waals surface area contributed by atoms with Gasteiger partial charge >= 0.3 is 0 Å². The molecule has 10 heteroatoms. The highest BCUT2D eigenvalue weighted by Crippen LogP contribution is 2.31. The average molecular weight is 314 g/mol. The van der Waals surface area contributed by atoms with E-state index in [0.717, 1.165) is 14.4 Å². The summed E-state index contributed by atoms with van der Waals surface area (Å²) in [4.78, 5) is 8.48. The molecule has 0 saturated heterocycles. The molecular formula is C9H10N6OS3. The van der Waals surface area contributed by atoms with Crippen molar-refractivity contribution in [2.24, 2.45) is 10.9 Å². The van der Waals surface area contributed by atoms with E-state index in [1.54, 1.807) is 6.07 Å². The van der Waals surface area contributed by atoms with E-state index in [2.05, 4.69) is 25.3 Å². The van der Waals surface area contributed by atoms with Crippen LogP contribution >= 0.6 is 34.9 Å². The molecular weight excluding hydrogens is 304 g/mol. The number of oxime groups is 1. The van der Waals surface area contributed by atoms with E-state index >= 15 is 0 Å². The predicted molar refractivity (Wildman–Crippen MR) is 75.1 cm³/mol. The highest BCUT2D eigenvalue weighted by molar-refractivity contribution is 8.02. The second-order valence-corrected chi connectivity index (χ2v) is 6.55. The summed E-state index contributed by atoms with van der Waals surface area (Å²) in [6, 6.07) is 1.65. The number of nitrogens with two attached hydrogens (primary N) is 1. The summed E-state index contributed by atoms with van der Waals surface area (Å²) in [6.45, 7) is 1.81. The van der Waals surface area contributed by atoms with E-state index in [0.29, 0.717) is 10.9 Å². The lowest BCUT2D eigenvalue weighted by Crippen LogP contribution is -2.16. The molecule has 0 aliphatic carbocycles. The highest BCUT2D eigenvalue weighted by atomic mass is 32.2. The molecule has 19 heavy (non-hydrogen) atoms. The van der Waals surface area contributed by atoms with E-state index in [9.17, 15) is 0 Å². The smallest absolute Gasteiger partial charge is 0.195 e. The molecule has 3 N–H and O–H groups in total. The molecule has 0 saturated carbocycles. The number of hydrogen-bond acceptors (Lipinski definition) is 9. The Morgan fingerprint density at radius 3 is 2.74 bits per heavy atom. The maximum Gasteiger partial charge on any atom is 0.195 e. The highest BCUT2D eigenvalue weighted by Gasteiger charge is 2.11. The molecule has 2 rings (SSSR count). The third-order valence-corrected chi connectivity index (χ3v) is 4.76. The number of aryl methyl sites for hydroxylation is 1. The second-order valence-electron chi connectivity index (χ2n) is 3.30. The molecule has 2 heterocycles. The quantitative estimate of drug-likeness (QED) is 0.219. The van der Waals surface area contributed by atoms with E-state index in [-0.39, 0.29) is 5.84 Å². The summed E-state index contributed by atoms with van der Waals surface area (Å²) in [5.41, 5.74) is 6.63. The first kappa shape index (κ1) is 14.0. The summed E-state index contributed by atoms with van der Waals surface area (Å²) in [5.74, 6) is -0.0468. The van der Waals surface area contributed by atoms with Crippen LogP contribution in [0.25, 0.3) is 0 Å². The van der Waals surface area contributed by atoms with Gasteiger partial charge in [-0.3, -0.25) is 0 Å². The van der Waals surface area contributed by atoms with E-state index in [1.807, 2.05) is 13.2 Å². The summed E-state index contributed by atoms with van der Waals surface area (Å²) in [5, 5.41) is 20.1. The number of nitrogens with zero attached hydrogens (tertiary/aromatic N) is 5. The molecule has 0 aromatic carbocycles. The third-order valence-electron chi connectivity index (χ3n) is 1.95. The van der Waals surface area contributed by atoms with Crippen LogP contribution in [0.2, 0.25) is 0 Å². The van der Waals surface area contributed by atoms with Crippen molar-refractivity contribution in [3.05, 3.63) is 17.5 Å². The average Bonchev–Trinajstić information content (AvgIpc) is 2.84. The monoisotopic (exact) mass is 314 g/mol. The molecule has 0 fully saturated rings. The van der Waals surface area contributed by atoms with Crippen molar-refractivity contribution in [1.29, 1.82) is 0 Å². The van der Waals surface area contributed by atoms with Gasteiger partial charge in [-0.2, -0.15) is 0 Å². The van der Waals surface area contributed by atoms with Gasteiger partial charge in [0.2, 0.25) is 0 Å². The van der Waals surface area contributed by atoms with Gasteiger partial charge in [-0.05, 0) is 31.0 Å². The first-order valence-electron chi connectivity index (χ1n) is 5.01. The molecule has 0 unspecified atom stereocenters. The van der Waals surface area contributed by atoms with Crippen LogP contribution in [0.15, 0.2) is 25.1 Å². The fourth-order valence-corrected chi connectivity index (χ4v) is 3.53. The molecule has 7 nitrogen and oxygen atoms in total. The predicted octanol–water partition coefficient (Wildman–Crippen LogP) is 1.60. The summed E-state index contributed by atoms with van der Waals surface area (Å²) < 4.78 is 1.63. The van der Waals surface area contributed by atoms with Crippen LogP contribution in [0.5, 0.6) is 0 Å². The molecule has 0 amide bonds. The van der Waals surface area contributed by atoms with Crippen molar-refractivity contribution in [2.45, 2.75) is 20.8 Å². The van der Waals surface area contributed by atoms with Gasteiger partial charge in [-0.1, -0.05) is 28.3 Å². The normalized spacial score (nSPS) is 11.8. The molecule has 2 aromatic rings. The van der Waals surface area contributed by atoms with Crippen molar-refractivity contribution >= 4 is 40.7 Å². The van der Waals surface area contributed by atoms with Crippen LogP contribution in [0.4, 0.5) is 0 Å². The molecule has 0 aliphatic rings. The van der Waals surface area contributed by atoms with Crippen LogP contribution in [0, 0.1) is 6.92 Å². The first-order chi connectivity index (χ1) is 9.12. The molecule has 0 atom stereocenters. The fourth-order valence-electron chi connectivity index (χ4n) is 1.17. The SMILES string of the molecule is CSc1nnc(Sc2nc(C)cc(/C(N)=N/O)n2)s1. The molecule has 0 bridgehead atoms. The van der Waals surface area contributed by atoms with Crippen molar-refractivity contribution in [3.63, 3.8) is 0 Å². The van der Waals surface area contributed by atoms with Gasteiger partial charge in [0.05, 0.1) is 0 Å². The maximum absolute atomic E-state index is 8.67. The fraction of sp³-hybridized carbons (Fsp3) is 0.222. The second kappa shape index (κ2) is 6.17. The van der Waals surface area contributed by atoms with Crippen molar-refractivity contribution in [2.75, 3.05) is 6.26 Å². The third kappa shape index (κ3) is 3.55. The minimum absolute atomic E-state index is 0.0468. The number of amidine groups is 1. The van der Waals surface area contributed by atoms with Crippen LogP contribution in [0.1, 0.15) is 11.4 Å². The van der Waals surface area contributed by atoms with Crippen LogP contribution in [-0.4, -0.2) is 37.5 Å². The molecule has 2 aromatic heterocycles. The number of rotatable bonds is 4. The van der Waals surface area contributed by atoms with Crippen LogP contribution < -0.4 is 5.73 Å². The van der Waals surface area contributed by atoms with Crippen LogP contribution in [-0.2, 0) is 0 Å². The topological polar surface area (TPSA) is 110 Å². The zero-order valence-electron chi connectivity index (χ0n) is 10.1.